The lowest BCUT2D eigenvalue weighted by atomic mass is 9.92. The number of rotatable bonds is 3. The molecule has 4 rings (SSSR count). The quantitative estimate of drug-likeness (QED) is 0.877. The summed E-state index contributed by atoms with van der Waals surface area (Å²) >= 11 is 5.90. The standard InChI is InChI=1S/C19H19ClN2O/c20-16-2-4-17(5-3-16)23-18-10-15(12-21-13-18)14-6-8-19(11-14)7-1-9-22-19/h2-6,10,12-13,22H,1,7-9,11H2. The van der Waals surface area contributed by atoms with Crippen molar-refractivity contribution in [2.75, 3.05) is 6.54 Å². The fourth-order valence-corrected chi connectivity index (χ4v) is 3.66. The molecule has 0 radical (unpaired) electrons. The van der Waals surface area contributed by atoms with Crippen molar-refractivity contribution in [1.82, 2.24) is 10.3 Å². The Balaban J connectivity index is 1.51. The normalized spacial score (nSPS) is 23.3. The Labute approximate surface area is 141 Å². The van der Waals surface area contributed by atoms with Crippen LogP contribution >= 0.6 is 11.6 Å². The molecule has 2 heterocycles. The lowest BCUT2D eigenvalue weighted by molar-refractivity contribution is 0.405. The summed E-state index contributed by atoms with van der Waals surface area (Å²) in [5.41, 5.74) is 2.82. The van der Waals surface area contributed by atoms with Crippen LogP contribution in [0.3, 0.4) is 0 Å². The molecule has 0 saturated carbocycles. The van der Waals surface area contributed by atoms with E-state index in [1.807, 2.05) is 30.5 Å². The van der Waals surface area contributed by atoms with Gasteiger partial charge in [-0.25, -0.2) is 0 Å². The van der Waals surface area contributed by atoms with Crippen LogP contribution in [0.15, 0.2) is 48.8 Å². The van der Waals surface area contributed by atoms with Gasteiger partial charge in [0, 0.05) is 16.8 Å². The minimum absolute atomic E-state index is 0.294. The monoisotopic (exact) mass is 326 g/mol. The molecule has 1 aromatic heterocycles. The molecule has 1 saturated heterocycles. The first-order valence-electron chi connectivity index (χ1n) is 8.05. The van der Waals surface area contributed by atoms with E-state index < -0.39 is 0 Å². The summed E-state index contributed by atoms with van der Waals surface area (Å²) in [5, 5.41) is 4.38. The van der Waals surface area contributed by atoms with E-state index in [9.17, 15) is 0 Å². The average molecular weight is 327 g/mol. The highest BCUT2D eigenvalue weighted by atomic mass is 35.5. The summed E-state index contributed by atoms with van der Waals surface area (Å²) in [7, 11) is 0. The van der Waals surface area contributed by atoms with Gasteiger partial charge in [-0.2, -0.15) is 0 Å². The number of benzene rings is 1. The van der Waals surface area contributed by atoms with Crippen molar-refractivity contribution < 1.29 is 4.74 Å². The van der Waals surface area contributed by atoms with Crippen molar-refractivity contribution in [2.45, 2.75) is 31.2 Å². The summed E-state index contributed by atoms with van der Waals surface area (Å²) < 4.78 is 5.89. The van der Waals surface area contributed by atoms with Crippen LogP contribution in [0.25, 0.3) is 5.57 Å². The molecule has 23 heavy (non-hydrogen) atoms. The van der Waals surface area contributed by atoms with Crippen LogP contribution in [0.4, 0.5) is 0 Å². The largest absolute Gasteiger partial charge is 0.456 e. The van der Waals surface area contributed by atoms with Crippen LogP contribution < -0.4 is 10.1 Å². The number of nitrogens with one attached hydrogen (secondary N) is 1. The van der Waals surface area contributed by atoms with E-state index in [0.29, 0.717) is 10.6 Å². The molecule has 4 heteroatoms. The lowest BCUT2D eigenvalue weighted by Crippen LogP contribution is -2.36. The minimum Gasteiger partial charge on any atom is -0.456 e. The number of ether oxygens (including phenoxy) is 1. The number of pyridine rings is 1. The number of hydrogen-bond acceptors (Lipinski definition) is 3. The summed E-state index contributed by atoms with van der Waals surface area (Å²) in [6.07, 6.45) is 10.8. The molecule has 1 aliphatic carbocycles. The number of aromatic nitrogens is 1. The Hall–Kier alpha value is -1.84. The first-order valence-corrected chi connectivity index (χ1v) is 8.43. The third kappa shape index (κ3) is 3.12. The Morgan fingerprint density at radius 3 is 2.78 bits per heavy atom. The van der Waals surface area contributed by atoms with Gasteiger partial charge in [0.2, 0.25) is 0 Å². The molecule has 2 aromatic rings. The zero-order valence-corrected chi connectivity index (χ0v) is 13.6. The lowest BCUT2D eigenvalue weighted by Gasteiger charge is -2.23. The van der Waals surface area contributed by atoms with Crippen LogP contribution in [0.2, 0.25) is 5.02 Å². The molecule has 118 valence electrons. The highest BCUT2D eigenvalue weighted by molar-refractivity contribution is 6.30. The number of nitrogens with zero attached hydrogens (tertiary/aromatic N) is 1. The second kappa shape index (κ2) is 5.99. The van der Waals surface area contributed by atoms with Gasteiger partial charge < -0.3 is 10.1 Å². The van der Waals surface area contributed by atoms with Gasteiger partial charge in [-0.15, -0.1) is 0 Å². The highest BCUT2D eigenvalue weighted by Crippen LogP contribution is 2.40. The van der Waals surface area contributed by atoms with E-state index in [1.165, 1.54) is 18.4 Å². The van der Waals surface area contributed by atoms with E-state index in [0.717, 1.165) is 36.4 Å². The summed E-state index contributed by atoms with van der Waals surface area (Å²) in [6, 6.07) is 9.44. The molecular formula is C19H19ClN2O. The fraction of sp³-hybridized carbons (Fsp3) is 0.316. The predicted octanol–water partition coefficient (Wildman–Crippen LogP) is 4.83. The van der Waals surface area contributed by atoms with Gasteiger partial charge in [0.1, 0.15) is 11.5 Å². The van der Waals surface area contributed by atoms with Crippen molar-refractivity contribution >= 4 is 17.2 Å². The molecule has 2 aliphatic rings. The van der Waals surface area contributed by atoms with Crippen LogP contribution in [-0.4, -0.2) is 17.1 Å². The molecule has 3 nitrogen and oxygen atoms in total. The van der Waals surface area contributed by atoms with Crippen LogP contribution in [0.1, 0.15) is 31.2 Å². The van der Waals surface area contributed by atoms with Crippen LogP contribution in [-0.2, 0) is 0 Å². The first kappa shape index (κ1) is 14.7. The van der Waals surface area contributed by atoms with Gasteiger partial charge >= 0.3 is 0 Å². The van der Waals surface area contributed by atoms with E-state index >= 15 is 0 Å². The molecule has 1 aliphatic heterocycles. The summed E-state index contributed by atoms with van der Waals surface area (Å²) in [4.78, 5) is 4.35. The number of halogens is 1. The molecule has 1 spiro atoms. The van der Waals surface area contributed by atoms with Crippen molar-refractivity contribution in [3.8, 4) is 11.5 Å². The maximum absolute atomic E-state index is 5.90. The second-order valence-electron chi connectivity index (χ2n) is 6.39. The van der Waals surface area contributed by atoms with E-state index in [-0.39, 0.29) is 0 Å². The SMILES string of the molecule is Clc1ccc(Oc2cncc(C3=CCC4(CCCN4)C3)c2)cc1. The smallest absolute Gasteiger partial charge is 0.146 e. The van der Waals surface area contributed by atoms with E-state index in [1.54, 1.807) is 6.20 Å². The molecule has 1 atom stereocenters. The minimum atomic E-state index is 0.294. The van der Waals surface area contributed by atoms with Crippen LogP contribution in [0.5, 0.6) is 11.5 Å². The molecule has 0 bridgehead atoms. The molecule has 1 N–H and O–H groups in total. The third-order valence-corrected chi connectivity index (χ3v) is 4.99. The van der Waals surface area contributed by atoms with Gasteiger partial charge in [-0.1, -0.05) is 17.7 Å². The van der Waals surface area contributed by atoms with Crippen molar-refractivity contribution in [2.24, 2.45) is 0 Å². The highest BCUT2D eigenvalue weighted by Gasteiger charge is 2.37. The topological polar surface area (TPSA) is 34.1 Å². The van der Waals surface area contributed by atoms with Crippen molar-refractivity contribution in [3.05, 3.63) is 59.4 Å². The van der Waals surface area contributed by atoms with Gasteiger partial charge in [0.05, 0.1) is 6.20 Å². The zero-order valence-electron chi connectivity index (χ0n) is 12.9. The van der Waals surface area contributed by atoms with Crippen LogP contribution in [0, 0.1) is 0 Å². The Bertz CT molecular complexity index is 733. The summed E-state index contributed by atoms with van der Waals surface area (Å²) in [6.45, 7) is 1.14. The van der Waals surface area contributed by atoms with Gasteiger partial charge in [-0.3, -0.25) is 4.98 Å². The van der Waals surface area contributed by atoms with Crippen molar-refractivity contribution in [3.63, 3.8) is 0 Å². The molecule has 1 unspecified atom stereocenters. The number of hydrogen-bond donors (Lipinski definition) is 1. The van der Waals surface area contributed by atoms with Gasteiger partial charge in [-0.05, 0) is 73.7 Å². The maximum Gasteiger partial charge on any atom is 0.146 e. The Kier molecular flexibility index (Phi) is 3.83. The van der Waals surface area contributed by atoms with Crippen molar-refractivity contribution in [1.29, 1.82) is 0 Å². The van der Waals surface area contributed by atoms with E-state index in [4.69, 9.17) is 16.3 Å². The third-order valence-electron chi connectivity index (χ3n) is 4.73. The molecule has 0 amide bonds. The second-order valence-corrected chi connectivity index (χ2v) is 6.82. The molecule has 1 aromatic carbocycles. The molecule has 1 fully saturated rings. The van der Waals surface area contributed by atoms with Gasteiger partial charge in [0.15, 0.2) is 0 Å². The van der Waals surface area contributed by atoms with Gasteiger partial charge in [0.25, 0.3) is 0 Å². The fourth-order valence-electron chi connectivity index (χ4n) is 3.53. The Morgan fingerprint density at radius 1 is 1.13 bits per heavy atom. The zero-order chi connectivity index (χ0) is 15.7. The first-order chi connectivity index (χ1) is 11.2. The Morgan fingerprint density at radius 2 is 2.00 bits per heavy atom. The van der Waals surface area contributed by atoms with E-state index in [2.05, 4.69) is 22.4 Å². The molecular weight excluding hydrogens is 308 g/mol. The summed E-state index contributed by atoms with van der Waals surface area (Å²) in [5.74, 6) is 1.52. The maximum atomic E-state index is 5.90. The predicted molar refractivity (Wildman–Crippen MR) is 92.9 cm³/mol. The average Bonchev–Trinajstić information content (AvgIpc) is 3.21.